The molecule has 0 radical (unpaired) electrons. The molecule has 1 fully saturated rings. The molecule has 1 aliphatic rings. The van der Waals surface area contributed by atoms with E-state index in [0.29, 0.717) is 16.7 Å². The number of aromatic amines is 1. The Morgan fingerprint density at radius 2 is 1.96 bits per heavy atom. The first-order chi connectivity index (χ1) is 11.2. The van der Waals surface area contributed by atoms with Crippen molar-refractivity contribution in [2.45, 2.75) is 32.1 Å². The number of amides is 1. The number of piperazine rings is 1. The Morgan fingerprint density at radius 3 is 2.58 bits per heavy atom. The molecule has 0 aromatic carbocycles. The predicted molar refractivity (Wildman–Crippen MR) is 81.5 cm³/mol. The number of fused-ring (bicyclic) bond motifs is 1. The van der Waals surface area contributed by atoms with Crippen molar-refractivity contribution < 1.29 is 18.0 Å². The molecule has 130 valence electrons. The third-order valence-electron chi connectivity index (χ3n) is 4.27. The monoisotopic (exact) mass is 341 g/mol. The van der Waals surface area contributed by atoms with Gasteiger partial charge in [-0.1, -0.05) is 0 Å². The molecule has 2 aromatic rings. The van der Waals surface area contributed by atoms with Gasteiger partial charge in [0, 0.05) is 31.4 Å². The molecule has 1 amide bonds. The molecular weight excluding hydrogens is 323 g/mol. The summed E-state index contributed by atoms with van der Waals surface area (Å²) in [6, 6.07) is 0.918. The molecule has 2 aromatic heterocycles. The van der Waals surface area contributed by atoms with Gasteiger partial charge in [-0.25, -0.2) is 9.97 Å². The minimum absolute atomic E-state index is 0.232. The first kappa shape index (κ1) is 16.7. The highest BCUT2D eigenvalue weighted by atomic mass is 19.4. The average Bonchev–Trinajstić information content (AvgIpc) is 2.96. The van der Waals surface area contributed by atoms with Crippen LogP contribution in [-0.4, -0.2) is 68.6 Å². The molecule has 9 heteroatoms. The van der Waals surface area contributed by atoms with Crippen LogP contribution in [0.4, 0.5) is 13.2 Å². The van der Waals surface area contributed by atoms with Gasteiger partial charge in [-0.2, -0.15) is 13.2 Å². The molecule has 0 saturated carbocycles. The lowest BCUT2D eigenvalue weighted by Gasteiger charge is -2.44. The minimum atomic E-state index is -4.25. The number of pyridine rings is 1. The number of hydrogen-bond acceptors (Lipinski definition) is 4. The van der Waals surface area contributed by atoms with Crippen molar-refractivity contribution in [2.75, 3.05) is 19.6 Å². The zero-order valence-electron chi connectivity index (χ0n) is 13.3. The summed E-state index contributed by atoms with van der Waals surface area (Å²) in [6.45, 7) is 2.95. The lowest BCUT2D eigenvalue weighted by Crippen LogP contribution is -2.59. The third-order valence-corrected chi connectivity index (χ3v) is 4.27. The van der Waals surface area contributed by atoms with Crippen LogP contribution < -0.4 is 0 Å². The second kappa shape index (κ2) is 6.04. The van der Waals surface area contributed by atoms with E-state index in [1.165, 1.54) is 17.4 Å². The number of H-pyrrole nitrogens is 1. The lowest BCUT2D eigenvalue weighted by molar-refractivity contribution is -0.160. The standard InChI is InChI=1S/C15H18F3N5O/c1-9-5-22(6-10(2)23(9)7-15(16,17)18)14(24)11-3-12-13(19-4-11)21-8-20-12/h3-4,8-10H,5-7H2,1-2H3,(H,19,20,21)/t9-,10+. The fraction of sp³-hybridized carbons (Fsp3) is 0.533. The zero-order valence-corrected chi connectivity index (χ0v) is 13.3. The van der Waals surface area contributed by atoms with E-state index >= 15 is 0 Å². The maximum atomic E-state index is 12.7. The first-order valence-corrected chi connectivity index (χ1v) is 7.65. The van der Waals surface area contributed by atoms with Crippen LogP contribution in [-0.2, 0) is 0 Å². The topological polar surface area (TPSA) is 65.1 Å². The SMILES string of the molecule is C[C@@H]1CN(C(=O)c2cnc3nc[nH]c3c2)C[C@H](C)N1CC(F)(F)F. The molecule has 24 heavy (non-hydrogen) atoms. The van der Waals surface area contributed by atoms with E-state index in [2.05, 4.69) is 15.0 Å². The number of carbonyl (C=O) groups excluding carboxylic acids is 1. The van der Waals surface area contributed by atoms with Crippen molar-refractivity contribution in [1.29, 1.82) is 0 Å². The van der Waals surface area contributed by atoms with E-state index in [-0.39, 0.29) is 31.1 Å². The molecule has 2 atom stereocenters. The van der Waals surface area contributed by atoms with Gasteiger partial charge in [0.1, 0.15) is 0 Å². The van der Waals surface area contributed by atoms with Gasteiger partial charge in [0.2, 0.25) is 0 Å². The van der Waals surface area contributed by atoms with Gasteiger partial charge in [0.15, 0.2) is 5.65 Å². The van der Waals surface area contributed by atoms with E-state index in [1.54, 1.807) is 24.8 Å². The smallest absolute Gasteiger partial charge is 0.343 e. The first-order valence-electron chi connectivity index (χ1n) is 7.65. The molecule has 0 spiro atoms. The van der Waals surface area contributed by atoms with Crippen molar-refractivity contribution >= 4 is 17.1 Å². The fourth-order valence-electron chi connectivity index (χ4n) is 3.17. The number of imidazole rings is 1. The number of halogens is 3. The van der Waals surface area contributed by atoms with E-state index in [1.807, 2.05) is 0 Å². The van der Waals surface area contributed by atoms with E-state index in [0.717, 1.165) is 0 Å². The molecule has 3 rings (SSSR count). The number of hydrogen-bond donors (Lipinski definition) is 1. The van der Waals surface area contributed by atoms with Gasteiger partial charge in [0.25, 0.3) is 5.91 Å². The van der Waals surface area contributed by atoms with Crippen LogP contribution in [0.5, 0.6) is 0 Å². The summed E-state index contributed by atoms with van der Waals surface area (Å²) in [5.41, 5.74) is 1.57. The summed E-state index contributed by atoms with van der Waals surface area (Å²) in [4.78, 5) is 26.6. The summed E-state index contributed by atoms with van der Waals surface area (Å²) in [5.74, 6) is -0.232. The summed E-state index contributed by atoms with van der Waals surface area (Å²) < 4.78 is 38.1. The van der Waals surface area contributed by atoms with Crippen LogP contribution in [0.3, 0.4) is 0 Å². The van der Waals surface area contributed by atoms with Crippen molar-refractivity contribution in [3.63, 3.8) is 0 Å². The van der Waals surface area contributed by atoms with Gasteiger partial charge in [0.05, 0.1) is 24.0 Å². The normalized spacial score (nSPS) is 23.0. The van der Waals surface area contributed by atoms with Gasteiger partial charge >= 0.3 is 6.18 Å². The minimum Gasteiger partial charge on any atom is -0.343 e. The summed E-state index contributed by atoms with van der Waals surface area (Å²) in [7, 11) is 0. The largest absolute Gasteiger partial charge is 0.401 e. The molecular formula is C15H18F3N5O. The van der Waals surface area contributed by atoms with Crippen molar-refractivity contribution in [1.82, 2.24) is 24.8 Å². The molecule has 6 nitrogen and oxygen atoms in total. The van der Waals surface area contributed by atoms with Crippen molar-refractivity contribution in [3.8, 4) is 0 Å². The fourth-order valence-corrected chi connectivity index (χ4v) is 3.17. The summed E-state index contributed by atoms with van der Waals surface area (Å²) in [5, 5.41) is 0. The van der Waals surface area contributed by atoms with Crippen LogP contribution in [0, 0.1) is 0 Å². The average molecular weight is 341 g/mol. The molecule has 3 heterocycles. The van der Waals surface area contributed by atoms with E-state index in [4.69, 9.17) is 0 Å². The van der Waals surface area contributed by atoms with Gasteiger partial charge in [-0.05, 0) is 19.9 Å². The Labute approximate surface area is 136 Å². The zero-order chi connectivity index (χ0) is 17.5. The number of carbonyl (C=O) groups is 1. The predicted octanol–water partition coefficient (Wildman–Crippen LogP) is 2.06. The molecule has 1 saturated heterocycles. The van der Waals surface area contributed by atoms with Crippen LogP contribution in [0.1, 0.15) is 24.2 Å². The maximum Gasteiger partial charge on any atom is 0.401 e. The van der Waals surface area contributed by atoms with Gasteiger partial charge in [-0.15, -0.1) is 0 Å². The highest BCUT2D eigenvalue weighted by molar-refractivity contribution is 5.96. The quantitative estimate of drug-likeness (QED) is 0.908. The van der Waals surface area contributed by atoms with Crippen LogP contribution in [0.25, 0.3) is 11.2 Å². The Kier molecular flexibility index (Phi) is 4.20. The maximum absolute atomic E-state index is 12.7. The second-order valence-corrected chi connectivity index (χ2v) is 6.19. The summed E-state index contributed by atoms with van der Waals surface area (Å²) >= 11 is 0. The third kappa shape index (κ3) is 3.35. The molecule has 0 aliphatic carbocycles. The van der Waals surface area contributed by atoms with Gasteiger partial charge in [-0.3, -0.25) is 9.69 Å². The van der Waals surface area contributed by atoms with Crippen LogP contribution in [0.15, 0.2) is 18.6 Å². The Balaban J connectivity index is 1.75. The van der Waals surface area contributed by atoms with Crippen molar-refractivity contribution in [2.24, 2.45) is 0 Å². The van der Waals surface area contributed by atoms with E-state index in [9.17, 15) is 18.0 Å². The number of alkyl halides is 3. The highest BCUT2D eigenvalue weighted by Crippen LogP contribution is 2.24. The Morgan fingerprint density at radius 1 is 1.29 bits per heavy atom. The Hall–Kier alpha value is -2.16. The molecule has 0 unspecified atom stereocenters. The number of aromatic nitrogens is 3. The summed E-state index contributed by atoms with van der Waals surface area (Å²) in [6.07, 6.45) is -1.31. The second-order valence-electron chi connectivity index (χ2n) is 6.19. The molecule has 1 N–H and O–H groups in total. The van der Waals surface area contributed by atoms with E-state index < -0.39 is 12.7 Å². The number of rotatable bonds is 2. The van der Waals surface area contributed by atoms with Crippen LogP contribution in [0.2, 0.25) is 0 Å². The van der Waals surface area contributed by atoms with Gasteiger partial charge < -0.3 is 9.88 Å². The molecule has 1 aliphatic heterocycles. The van der Waals surface area contributed by atoms with Crippen molar-refractivity contribution in [3.05, 3.63) is 24.2 Å². The van der Waals surface area contributed by atoms with Crippen LogP contribution >= 0.6 is 0 Å². The number of nitrogens with one attached hydrogen (secondary N) is 1. The highest BCUT2D eigenvalue weighted by Gasteiger charge is 2.39. The molecule has 0 bridgehead atoms. The lowest BCUT2D eigenvalue weighted by atomic mass is 10.1. The Bertz CT molecular complexity index is 732. The number of nitrogens with zero attached hydrogens (tertiary/aromatic N) is 4.